The van der Waals surface area contributed by atoms with Crippen molar-refractivity contribution in [3.63, 3.8) is 0 Å². The molecule has 2 amide bonds. The highest BCUT2D eigenvalue weighted by atomic mass is 32.2. The van der Waals surface area contributed by atoms with Crippen LogP contribution in [-0.2, 0) is 9.59 Å². The van der Waals surface area contributed by atoms with Crippen molar-refractivity contribution in [2.45, 2.75) is 19.8 Å². The molecule has 1 aliphatic rings. The first kappa shape index (κ1) is 10.4. The largest absolute Gasteiger partial charge is 0.273 e. The maximum Gasteiger partial charge on any atom is 0.242 e. The van der Waals surface area contributed by atoms with Gasteiger partial charge in [-0.2, -0.15) is 11.8 Å². The van der Waals surface area contributed by atoms with E-state index in [0.29, 0.717) is 6.42 Å². The van der Waals surface area contributed by atoms with Crippen LogP contribution < -0.4 is 10.9 Å². The molecule has 4 nitrogen and oxygen atoms in total. The lowest BCUT2D eigenvalue weighted by Gasteiger charge is -2.09. The molecule has 1 aliphatic heterocycles. The Morgan fingerprint density at radius 2 is 2.23 bits per heavy atom. The zero-order chi connectivity index (χ0) is 9.68. The maximum atomic E-state index is 11.3. The van der Waals surface area contributed by atoms with Gasteiger partial charge in [-0.05, 0) is 12.2 Å². The molecule has 1 fully saturated rings. The van der Waals surface area contributed by atoms with E-state index in [4.69, 9.17) is 0 Å². The van der Waals surface area contributed by atoms with Gasteiger partial charge in [-0.3, -0.25) is 20.4 Å². The average Bonchev–Trinajstić information content (AvgIpc) is 2.66. The third kappa shape index (κ3) is 3.26. The Morgan fingerprint density at radius 1 is 1.46 bits per heavy atom. The van der Waals surface area contributed by atoms with Crippen molar-refractivity contribution in [2.75, 3.05) is 11.5 Å². The Kier molecular flexibility index (Phi) is 4.08. The molecule has 1 unspecified atom stereocenters. The lowest BCUT2D eigenvalue weighted by atomic mass is 10.1. The summed E-state index contributed by atoms with van der Waals surface area (Å²) < 4.78 is 0. The third-order valence-corrected chi connectivity index (χ3v) is 3.11. The monoisotopic (exact) mass is 202 g/mol. The second-order valence-corrected chi connectivity index (χ2v) is 4.10. The first-order valence-electron chi connectivity index (χ1n) is 4.40. The maximum absolute atomic E-state index is 11.3. The van der Waals surface area contributed by atoms with Crippen LogP contribution >= 0.6 is 11.8 Å². The van der Waals surface area contributed by atoms with Crippen molar-refractivity contribution in [2.24, 2.45) is 5.92 Å². The number of hydrogen-bond donors (Lipinski definition) is 2. The zero-order valence-corrected chi connectivity index (χ0v) is 8.45. The zero-order valence-electron chi connectivity index (χ0n) is 7.63. The van der Waals surface area contributed by atoms with E-state index in [-0.39, 0.29) is 17.7 Å². The first-order chi connectivity index (χ1) is 6.24. The summed E-state index contributed by atoms with van der Waals surface area (Å²) in [5.41, 5.74) is 4.78. The lowest BCUT2D eigenvalue weighted by Crippen LogP contribution is -2.44. The van der Waals surface area contributed by atoms with E-state index in [1.54, 1.807) is 18.7 Å². The topological polar surface area (TPSA) is 58.2 Å². The fourth-order valence-corrected chi connectivity index (χ4v) is 2.28. The standard InChI is InChI=1S/C8H14N2O2S/c1-2-7(11)9-10-8(12)6-3-4-13-5-6/h6H,2-5H2,1H3,(H,9,11)(H,10,12). The summed E-state index contributed by atoms with van der Waals surface area (Å²) >= 11 is 1.78. The van der Waals surface area contributed by atoms with Crippen molar-refractivity contribution >= 4 is 23.6 Å². The minimum absolute atomic E-state index is 0.0631. The molecule has 0 saturated carbocycles. The molecule has 0 radical (unpaired) electrons. The van der Waals surface area contributed by atoms with Crippen molar-refractivity contribution in [1.82, 2.24) is 10.9 Å². The van der Waals surface area contributed by atoms with Gasteiger partial charge in [0.2, 0.25) is 11.8 Å². The lowest BCUT2D eigenvalue weighted by molar-refractivity contribution is -0.130. The van der Waals surface area contributed by atoms with E-state index in [0.717, 1.165) is 17.9 Å². The van der Waals surface area contributed by atoms with Crippen molar-refractivity contribution in [3.05, 3.63) is 0 Å². The van der Waals surface area contributed by atoms with Crippen LogP contribution in [0.2, 0.25) is 0 Å². The number of thioether (sulfide) groups is 1. The quantitative estimate of drug-likeness (QED) is 0.633. The molecule has 0 spiro atoms. The molecule has 0 aromatic heterocycles. The van der Waals surface area contributed by atoms with Gasteiger partial charge in [-0.25, -0.2) is 0 Å². The molecule has 1 heterocycles. The van der Waals surface area contributed by atoms with Gasteiger partial charge in [0.25, 0.3) is 0 Å². The highest BCUT2D eigenvalue weighted by molar-refractivity contribution is 7.99. The molecule has 1 atom stereocenters. The van der Waals surface area contributed by atoms with E-state index in [1.165, 1.54) is 0 Å². The van der Waals surface area contributed by atoms with Crippen LogP contribution in [0.3, 0.4) is 0 Å². The van der Waals surface area contributed by atoms with E-state index < -0.39 is 0 Å². The summed E-state index contributed by atoms with van der Waals surface area (Å²) in [5.74, 6) is 1.76. The molecule has 5 heteroatoms. The van der Waals surface area contributed by atoms with E-state index in [9.17, 15) is 9.59 Å². The molecule has 0 bridgehead atoms. The summed E-state index contributed by atoms with van der Waals surface area (Å²) in [4.78, 5) is 22.1. The van der Waals surface area contributed by atoms with Gasteiger partial charge >= 0.3 is 0 Å². The number of rotatable bonds is 2. The third-order valence-electron chi connectivity index (χ3n) is 1.95. The van der Waals surface area contributed by atoms with Gasteiger partial charge < -0.3 is 0 Å². The van der Waals surface area contributed by atoms with Gasteiger partial charge in [0.15, 0.2) is 0 Å². The van der Waals surface area contributed by atoms with Gasteiger partial charge in [0, 0.05) is 18.1 Å². The van der Waals surface area contributed by atoms with Gasteiger partial charge in [-0.15, -0.1) is 0 Å². The first-order valence-corrected chi connectivity index (χ1v) is 5.56. The smallest absolute Gasteiger partial charge is 0.242 e. The molecule has 74 valence electrons. The minimum atomic E-state index is -0.154. The van der Waals surface area contributed by atoms with Crippen LogP contribution in [0.4, 0.5) is 0 Å². The molecule has 0 aliphatic carbocycles. The van der Waals surface area contributed by atoms with Crippen LogP contribution in [0.1, 0.15) is 19.8 Å². The van der Waals surface area contributed by atoms with Crippen molar-refractivity contribution in [1.29, 1.82) is 0 Å². The Hall–Kier alpha value is -0.710. The SMILES string of the molecule is CCC(=O)NNC(=O)C1CCSC1. The molecular weight excluding hydrogens is 188 g/mol. The number of carbonyl (C=O) groups excluding carboxylic acids is 2. The average molecular weight is 202 g/mol. The molecule has 0 aromatic carbocycles. The number of amides is 2. The summed E-state index contributed by atoms with van der Waals surface area (Å²) in [5, 5.41) is 0. The summed E-state index contributed by atoms with van der Waals surface area (Å²) in [7, 11) is 0. The fourth-order valence-electron chi connectivity index (χ4n) is 1.06. The van der Waals surface area contributed by atoms with Crippen LogP contribution in [0.15, 0.2) is 0 Å². The predicted molar refractivity (Wildman–Crippen MR) is 52.0 cm³/mol. The highest BCUT2D eigenvalue weighted by Crippen LogP contribution is 2.22. The van der Waals surface area contributed by atoms with Gasteiger partial charge in [-0.1, -0.05) is 6.92 Å². The number of carbonyl (C=O) groups is 2. The second kappa shape index (κ2) is 5.11. The van der Waals surface area contributed by atoms with Crippen LogP contribution in [0.25, 0.3) is 0 Å². The van der Waals surface area contributed by atoms with E-state index in [1.807, 2.05) is 0 Å². The Morgan fingerprint density at radius 3 is 2.77 bits per heavy atom. The summed E-state index contributed by atoms with van der Waals surface area (Å²) in [6, 6.07) is 0. The van der Waals surface area contributed by atoms with E-state index in [2.05, 4.69) is 10.9 Å². The predicted octanol–water partition coefficient (Wildman–Crippen LogP) is 0.297. The van der Waals surface area contributed by atoms with Gasteiger partial charge in [0.05, 0.1) is 0 Å². The Bertz CT molecular complexity index is 202. The highest BCUT2D eigenvalue weighted by Gasteiger charge is 2.22. The van der Waals surface area contributed by atoms with Crippen molar-refractivity contribution < 1.29 is 9.59 Å². The second-order valence-electron chi connectivity index (χ2n) is 2.95. The molecular formula is C8H14N2O2S. The minimum Gasteiger partial charge on any atom is -0.273 e. The molecule has 1 rings (SSSR count). The van der Waals surface area contributed by atoms with Crippen LogP contribution in [0.5, 0.6) is 0 Å². The Labute approximate surface area is 81.8 Å². The molecule has 13 heavy (non-hydrogen) atoms. The van der Waals surface area contributed by atoms with Crippen molar-refractivity contribution in [3.8, 4) is 0 Å². The van der Waals surface area contributed by atoms with Gasteiger partial charge in [0.1, 0.15) is 0 Å². The summed E-state index contributed by atoms with van der Waals surface area (Å²) in [6.07, 6.45) is 1.30. The molecule has 2 N–H and O–H groups in total. The van der Waals surface area contributed by atoms with E-state index >= 15 is 0 Å². The summed E-state index contributed by atoms with van der Waals surface area (Å²) in [6.45, 7) is 1.74. The molecule has 0 aromatic rings. The van der Waals surface area contributed by atoms with Crippen LogP contribution in [-0.4, -0.2) is 23.3 Å². The number of hydrazine groups is 1. The number of hydrogen-bond acceptors (Lipinski definition) is 3. The number of nitrogens with one attached hydrogen (secondary N) is 2. The Balaban J connectivity index is 2.20. The fraction of sp³-hybridized carbons (Fsp3) is 0.750. The normalized spacial score (nSPS) is 21.2. The van der Waals surface area contributed by atoms with Crippen LogP contribution in [0, 0.1) is 5.92 Å². The molecule has 1 saturated heterocycles.